The lowest BCUT2D eigenvalue weighted by atomic mass is 10.0. The molecule has 1 aromatic carbocycles. The second kappa shape index (κ2) is 9.37. The number of morpholine rings is 1. The molecule has 2 heterocycles. The van der Waals surface area contributed by atoms with E-state index in [0.29, 0.717) is 12.5 Å². The van der Waals surface area contributed by atoms with Crippen LogP contribution in [0, 0.1) is 0 Å². The van der Waals surface area contributed by atoms with Crippen LogP contribution in [0.25, 0.3) is 0 Å². The number of para-hydroxylation sites is 1. The van der Waals surface area contributed by atoms with Gasteiger partial charge >= 0.3 is 0 Å². The van der Waals surface area contributed by atoms with Crippen LogP contribution < -0.4 is 16.0 Å². The molecule has 0 saturated carbocycles. The molecule has 27 heavy (non-hydrogen) atoms. The van der Waals surface area contributed by atoms with Crippen LogP contribution in [0.3, 0.4) is 0 Å². The summed E-state index contributed by atoms with van der Waals surface area (Å²) >= 11 is 0. The second-order valence-corrected chi connectivity index (χ2v) is 6.57. The Morgan fingerprint density at radius 3 is 2.44 bits per heavy atom. The average Bonchev–Trinajstić information content (AvgIpc) is 2.73. The van der Waals surface area contributed by atoms with Gasteiger partial charge in [-0.1, -0.05) is 38.1 Å². The fourth-order valence-electron chi connectivity index (χ4n) is 3.35. The average molecular weight is 367 g/mol. The zero-order valence-corrected chi connectivity index (χ0v) is 16.2. The number of pyridine rings is 1. The number of guanidine groups is 1. The SMILES string of the molecule is CCc1cccc(CC)c1NC(N)=NCc1cccnc1N1CCOCC1. The Kier molecular flexibility index (Phi) is 6.65. The number of nitrogens with one attached hydrogen (secondary N) is 1. The fourth-order valence-corrected chi connectivity index (χ4v) is 3.35. The summed E-state index contributed by atoms with van der Waals surface area (Å²) in [5, 5.41) is 3.32. The van der Waals surface area contributed by atoms with E-state index in [1.807, 2.05) is 12.3 Å². The van der Waals surface area contributed by atoms with Crippen LogP contribution in [0.4, 0.5) is 11.5 Å². The van der Waals surface area contributed by atoms with Crippen LogP contribution >= 0.6 is 0 Å². The summed E-state index contributed by atoms with van der Waals surface area (Å²) in [4.78, 5) is 11.4. The van der Waals surface area contributed by atoms with Gasteiger partial charge in [-0.25, -0.2) is 9.98 Å². The predicted octanol–water partition coefficient (Wildman–Crippen LogP) is 2.97. The molecule has 0 aliphatic carbocycles. The molecule has 1 fully saturated rings. The van der Waals surface area contributed by atoms with Crippen LogP contribution in [0.1, 0.15) is 30.5 Å². The molecule has 0 unspecified atom stereocenters. The lowest BCUT2D eigenvalue weighted by Gasteiger charge is -2.29. The molecule has 3 rings (SSSR count). The van der Waals surface area contributed by atoms with Crippen molar-refractivity contribution in [2.24, 2.45) is 10.7 Å². The number of nitrogens with two attached hydrogens (primary N) is 1. The first-order valence-electron chi connectivity index (χ1n) is 9.67. The number of hydrogen-bond acceptors (Lipinski definition) is 4. The Hall–Kier alpha value is -2.60. The van der Waals surface area contributed by atoms with E-state index >= 15 is 0 Å². The van der Waals surface area contributed by atoms with Crippen molar-refractivity contribution < 1.29 is 4.74 Å². The number of nitrogens with zero attached hydrogens (tertiary/aromatic N) is 3. The number of rotatable bonds is 6. The summed E-state index contributed by atoms with van der Waals surface area (Å²) in [5.41, 5.74) is 10.9. The fraction of sp³-hybridized carbons (Fsp3) is 0.429. The first-order valence-corrected chi connectivity index (χ1v) is 9.67. The molecule has 2 aromatic rings. The van der Waals surface area contributed by atoms with Crippen molar-refractivity contribution in [3.63, 3.8) is 0 Å². The summed E-state index contributed by atoms with van der Waals surface area (Å²) in [7, 11) is 0. The maximum absolute atomic E-state index is 6.21. The molecule has 1 saturated heterocycles. The van der Waals surface area contributed by atoms with E-state index in [2.05, 4.69) is 58.3 Å². The molecule has 3 N–H and O–H groups in total. The summed E-state index contributed by atoms with van der Waals surface area (Å²) < 4.78 is 5.44. The minimum absolute atomic E-state index is 0.433. The molecule has 0 atom stereocenters. The quantitative estimate of drug-likeness (QED) is 0.606. The maximum atomic E-state index is 6.21. The normalized spacial score (nSPS) is 15.0. The summed E-state index contributed by atoms with van der Waals surface area (Å²) in [5.74, 6) is 1.41. The van der Waals surface area contributed by atoms with Crippen LogP contribution in [0.2, 0.25) is 0 Å². The van der Waals surface area contributed by atoms with E-state index in [0.717, 1.165) is 56.2 Å². The first-order chi connectivity index (χ1) is 13.2. The van der Waals surface area contributed by atoms with Gasteiger partial charge in [-0.05, 0) is 30.0 Å². The Labute approximate surface area is 161 Å². The lowest BCUT2D eigenvalue weighted by Crippen LogP contribution is -2.37. The van der Waals surface area contributed by atoms with Gasteiger partial charge in [0.25, 0.3) is 0 Å². The lowest BCUT2D eigenvalue weighted by molar-refractivity contribution is 0.122. The number of anilines is 2. The van der Waals surface area contributed by atoms with Gasteiger partial charge in [-0.3, -0.25) is 0 Å². The zero-order chi connectivity index (χ0) is 19.1. The van der Waals surface area contributed by atoms with Crippen molar-refractivity contribution in [1.29, 1.82) is 0 Å². The van der Waals surface area contributed by atoms with Crippen LogP contribution in [-0.2, 0) is 24.1 Å². The van der Waals surface area contributed by atoms with Crippen molar-refractivity contribution in [3.05, 3.63) is 53.2 Å². The van der Waals surface area contributed by atoms with Gasteiger partial charge in [0.1, 0.15) is 5.82 Å². The van der Waals surface area contributed by atoms with Gasteiger partial charge in [0, 0.05) is 30.5 Å². The summed E-state index contributed by atoms with van der Waals surface area (Å²) in [6.07, 6.45) is 3.73. The minimum Gasteiger partial charge on any atom is -0.378 e. The van der Waals surface area contributed by atoms with Crippen molar-refractivity contribution >= 4 is 17.5 Å². The molecule has 0 amide bonds. The van der Waals surface area contributed by atoms with Gasteiger partial charge in [-0.2, -0.15) is 0 Å². The van der Waals surface area contributed by atoms with E-state index in [1.165, 1.54) is 11.1 Å². The molecule has 1 aliphatic heterocycles. The van der Waals surface area contributed by atoms with Crippen molar-refractivity contribution in [2.45, 2.75) is 33.2 Å². The Morgan fingerprint density at radius 2 is 1.78 bits per heavy atom. The van der Waals surface area contributed by atoms with Crippen LogP contribution in [0.5, 0.6) is 0 Å². The minimum atomic E-state index is 0.433. The van der Waals surface area contributed by atoms with E-state index in [-0.39, 0.29) is 0 Å². The number of benzene rings is 1. The Balaban J connectivity index is 1.75. The van der Waals surface area contributed by atoms with Gasteiger partial charge in [-0.15, -0.1) is 0 Å². The van der Waals surface area contributed by atoms with Gasteiger partial charge in [0.05, 0.1) is 19.8 Å². The zero-order valence-electron chi connectivity index (χ0n) is 16.2. The largest absolute Gasteiger partial charge is 0.378 e. The molecule has 1 aliphatic rings. The van der Waals surface area contributed by atoms with E-state index in [4.69, 9.17) is 10.5 Å². The Bertz CT molecular complexity index is 762. The molecule has 6 nitrogen and oxygen atoms in total. The van der Waals surface area contributed by atoms with Crippen molar-refractivity contribution in [3.8, 4) is 0 Å². The number of aromatic nitrogens is 1. The van der Waals surface area contributed by atoms with E-state index in [1.54, 1.807) is 0 Å². The highest BCUT2D eigenvalue weighted by Gasteiger charge is 2.15. The third-order valence-corrected chi connectivity index (χ3v) is 4.85. The van der Waals surface area contributed by atoms with E-state index in [9.17, 15) is 0 Å². The van der Waals surface area contributed by atoms with Crippen molar-refractivity contribution in [2.75, 3.05) is 36.5 Å². The maximum Gasteiger partial charge on any atom is 0.193 e. The number of ether oxygens (including phenoxy) is 1. The van der Waals surface area contributed by atoms with Crippen LogP contribution in [0.15, 0.2) is 41.5 Å². The summed E-state index contributed by atoms with van der Waals surface area (Å²) in [6.45, 7) is 7.97. The molecule has 6 heteroatoms. The topological polar surface area (TPSA) is 75.8 Å². The molecule has 1 aromatic heterocycles. The highest BCUT2D eigenvalue weighted by molar-refractivity contribution is 5.93. The van der Waals surface area contributed by atoms with Crippen LogP contribution in [-0.4, -0.2) is 37.2 Å². The van der Waals surface area contributed by atoms with Gasteiger partial charge in [0.2, 0.25) is 0 Å². The van der Waals surface area contributed by atoms with Crippen molar-refractivity contribution in [1.82, 2.24) is 4.98 Å². The molecule has 0 bridgehead atoms. The standard InChI is InChI=1S/C21H29N5O/c1-3-16-7-5-8-17(4-2)19(16)25-21(22)24-15-18-9-6-10-23-20(18)26-11-13-27-14-12-26/h5-10H,3-4,11-15H2,1-2H3,(H3,22,24,25). The molecular weight excluding hydrogens is 338 g/mol. The monoisotopic (exact) mass is 367 g/mol. The first kappa shape index (κ1) is 19.2. The molecule has 0 spiro atoms. The smallest absolute Gasteiger partial charge is 0.193 e. The van der Waals surface area contributed by atoms with E-state index < -0.39 is 0 Å². The molecular formula is C21H29N5O. The highest BCUT2D eigenvalue weighted by atomic mass is 16.5. The third-order valence-electron chi connectivity index (χ3n) is 4.85. The number of aryl methyl sites for hydroxylation is 2. The highest BCUT2D eigenvalue weighted by Crippen LogP contribution is 2.23. The van der Waals surface area contributed by atoms with Gasteiger partial charge in [0.15, 0.2) is 5.96 Å². The Morgan fingerprint density at radius 1 is 1.11 bits per heavy atom. The molecule has 0 radical (unpaired) electrons. The number of aliphatic imine (C=N–C) groups is 1. The van der Waals surface area contributed by atoms with Gasteiger partial charge < -0.3 is 20.7 Å². The third kappa shape index (κ3) is 4.77. The summed E-state index contributed by atoms with van der Waals surface area (Å²) in [6, 6.07) is 10.4. The molecule has 144 valence electrons. The predicted molar refractivity (Wildman–Crippen MR) is 111 cm³/mol. The second-order valence-electron chi connectivity index (χ2n) is 6.57. The number of hydrogen-bond donors (Lipinski definition) is 2.